The lowest BCUT2D eigenvalue weighted by molar-refractivity contribution is 0.137. The molecule has 2 saturated heterocycles. The van der Waals surface area contributed by atoms with Crippen LogP contribution in [0, 0.1) is 0 Å². The van der Waals surface area contributed by atoms with Crippen LogP contribution in [0.5, 0.6) is 0 Å². The molecular weight excluding hydrogens is 186 g/mol. The highest BCUT2D eigenvalue weighted by Gasteiger charge is 2.35. The van der Waals surface area contributed by atoms with Gasteiger partial charge in [-0.05, 0) is 45.1 Å². The van der Waals surface area contributed by atoms with Gasteiger partial charge in [0.1, 0.15) is 0 Å². The summed E-state index contributed by atoms with van der Waals surface area (Å²) in [5.41, 5.74) is 0. The van der Waals surface area contributed by atoms with Crippen LogP contribution in [0.1, 0.15) is 57.8 Å². The van der Waals surface area contributed by atoms with Crippen LogP contribution in [0.15, 0.2) is 0 Å². The molecule has 2 aliphatic rings. The normalized spacial score (nSPS) is 31.0. The fraction of sp³-hybridized carbons (Fsp3) is 1.00. The van der Waals surface area contributed by atoms with Gasteiger partial charge in [-0.3, -0.25) is 4.90 Å². The topological polar surface area (TPSA) is 23.5 Å². The van der Waals surface area contributed by atoms with Crippen molar-refractivity contribution in [2.24, 2.45) is 0 Å². The number of nitrogens with zero attached hydrogens (tertiary/aromatic N) is 1. The second-order valence-corrected chi connectivity index (χ2v) is 5.19. The molecule has 0 spiro atoms. The summed E-state index contributed by atoms with van der Waals surface area (Å²) >= 11 is 0. The monoisotopic (exact) mass is 211 g/mol. The Bertz CT molecular complexity index is 167. The molecule has 2 heteroatoms. The van der Waals surface area contributed by atoms with Gasteiger partial charge in [0.15, 0.2) is 0 Å². The van der Waals surface area contributed by atoms with Crippen molar-refractivity contribution in [3.63, 3.8) is 0 Å². The number of fused-ring (bicyclic) bond motifs is 2. The molecule has 2 unspecified atom stereocenters. The Balaban J connectivity index is 1.62. The number of aliphatic hydroxyl groups excluding tert-OH is 1. The molecule has 2 aliphatic heterocycles. The van der Waals surface area contributed by atoms with Crippen molar-refractivity contribution in [2.75, 3.05) is 13.2 Å². The van der Waals surface area contributed by atoms with E-state index in [1.807, 2.05) is 0 Å². The number of unbranched alkanes of at least 4 members (excludes halogenated alkanes) is 3. The summed E-state index contributed by atoms with van der Waals surface area (Å²) in [4.78, 5) is 2.78. The van der Waals surface area contributed by atoms with Gasteiger partial charge in [0.25, 0.3) is 0 Å². The SMILES string of the molecule is OCCCCCCN1C2CCCC1CC2. The van der Waals surface area contributed by atoms with Gasteiger partial charge in [0, 0.05) is 18.7 Å². The molecule has 0 aromatic heterocycles. The molecular formula is C13H25NO. The summed E-state index contributed by atoms with van der Waals surface area (Å²) < 4.78 is 0. The fourth-order valence-corrected chi connectivity index (χ4v) is 3.35. The van der Waals surface area contributed by atoms with Crippen LogP contribution >= 0.6 is 0 Å². The predicted octanol–water partition coefficient (Wildman–Crippen LogP) is 2.56. The first-order chi connectivity index (χ1) is 7.42. The standard InChI is InChI=1S/C13H25NO/c15-11-4-2-1-3-10-14-12-6-5-7-13(14)9-8-12/h12-13,15H,1-11H2. The molecule has 2 bridgehead atoms. The quantitative estimate of drug-likeness (QED) is 0.683. The lowest BCUT2D eigenvalue weighted by atomic mass is 10.0. The van der Waals surface area contributed by atoms with Crippen molar-refractivity contribution in [3.05, 3.63) is 0 Å². The number of piperidine rings is 1. The molecule has 2 heterocycles. The minimum absolute atomic E-state index is 0.370. The van der Waals surface area contributed by atoms with E-state index < -0.39 is 0 Å². The second kappa shape index (κ2) is 5.86. The minimum atomic E-state index is 0.370. The molecule has 1 N–H and O–H groups in total. The third-order valence-electron chi connectivity index (χ3n) is 4.17. The van der Waals surface area contributed by atoms with Crippen molar-refractivity contribution in [1.82, 2.24) is 4.90 Å². The molecule has 0 aromatic carbocycles. The van der Waals surface area contributed by atoms with Crippen LogP contribution in [0.4, 0.5) is 0 Å². The Labute approximate surface area is 93.7 Å². The molecule has 2 atom stereocenters. The molecule has 88 valence electrons. The van der Waals surface area contributed by atoms with Crippen molar-refractivity contribution in [1.29, 1.82) is 0 Å². The summed E-state index contributed by atoms with van der Waals surface area (Å²) in [5, 5.41) is 8.70. The van der Waals surface area contributed by atoms with E-state index in [0.717, 1.165) is 18.5 Å². The number of hydrogen-bond donors (Lipinski definition) is 1. The fourth-order valence-electron chi connectivity index (χ4n) is 3.35. The van der Waals surface area contributed by atoms with E-state index in [1.165, 1.54) is 57.9 Å². The highest BCUT2D eigenvalue weighted by molar-refractivity contribution is 4.91. The molecule has 0 amide bonds. The van der Waals surface area contributed by atoms with Crippen molar-refractivity contribution in [3.8, 4) is 0 Å². The van der Waals surface area contributed by atoms with Crippen LogP contribution in [0.2, 0.25) is 0 Å². The summed E-state index contributed by atoms with van der Waals surface area (Å²) in [6, 6.07) is 1.86. The summed E-state index contributed by atoms with van der Waals surface area (Å²) in [6.07, 6.45) is 12.1. The third kappa shape index (κ3) is 2.94. The average Bonchev–Trinajstić information content (AvgIpc) is 2.50. The highest BCUT2D eigenvalue weighted by atomic mass is 16.2. The average molecular weight is 211 g/mol. The zero-order valence-electron chi connectivity index (χ0n) is 9.83. The highest BCUT2D eigenvalue weighted by Crippen LogP contribution is 2.35. The maximum absolute atomic E-state index is 8.70. The van der Waals surface area contributed by atoms with Crippen molar-refractivity contribution < 1.29 is 5.11 Å². The molecule has 0 aliphatic carbocycles. The smallest absolute Gasteiger partial charge is 0.0431 e. The third-order valence-corrected chi connectivity index (χ3v) is 4.17. The van der Waals surface area contributed by atoms with E-state index >= 15 is 0 Å². The van der Waals surface area contributed by atoms with E-state index in [9.17, 15) is 0 Å². The largest absolute Gasteiger partial charge is 0.396 e. The molecule has 0 radical (unpaired) electrons. The van der Waals surface area contributed by atoms with E-state index in [-0.39, 0.29) is 0 Å². The van der Waals surface area contributed by atoms with Gasteiger partial charge >= 0.3 is 0 Å². The maximum Gasteiger partial charge on any atom is 0.0431 e. The first-order valence-electron chi connectivity index (χ1n) is 6.78. The van der Waals surface area contributed by atoms with Crippen molar-refractivity contribution in [2.45, 2.75) is 69.9 Å². The summed E-state index contributed by atoms with van der Waals surface area (Å²) in [6.45, 7) is 1.69. The second-order valence-electron chi connectivity index (χ2n) is 5.19. The van der Waals surface area contributed by atoms with Crippen molar-refractivity contribution >= 4 is 0 Å². The van der Waals surface area contributed by atoms with Gasteiger partial charge in [-0.15, -0.1) is 0 Å². The first-order valence-corrected chi connectivity index (χ1v) is 6.78. The number of rotatable bonds is 6. The maximum atomic E-state index is 8.70. The lowest BCUT2D eigenvalue weighted by Crippen LogP contribution is -2.40. The zero-order chi connectivity index (χ0) is 10.5. The number of hydrogen-bond acceptors (Lipinski definition) is 2. The first kappa shape index (κ1) is 11.4. The molecule has 0 saturated carbocycles. The molecule has 15 heavy (non-hydrogen) atoms. The van der Waals surface area contributed by atoms with E-state index in [4.69, 9.17) is 5.11 Å². The van der Waals surface area contributed by atoms with Gasteiger partial charge in [0.05, 0.1) is 0 Å². The van der Waals surface area contributed by atoms with Crippen LogP contribution in [0.3, 0.4) is 0 Å². The van der Waals surface area contributed by atoms with E-state index in [2.05, 4.69) is 4.90 Å². The van der Waals surface area contributed by atoms with Crippen LogP contribution in [-0.4, -0.2) is 35.2 Å². The number of aliphatic hydroxyl groups is 1. The Morgan fingerprint density at radius 1 is 0.867 bits per heavy atom. The van der Waals surface area contributed by atoms with Gasteiger partial charge in [0.2, 0.25) is 0 Å². The summed E-state index contributed by atoms with van der Waals surface area (Å²) in [7, 11) is 0. The van der Waals surface area contributed by atoms with Gasteiger partial charge in [-0.25, -0.2) is 0 Å². The Kier molecular flexibility index (Phi) is 4.45. The Morgan fingerprint density at radius 2 is 1.53 bits per heavy atom. The van der Waals surface area contributed by atoms with Gasteiger partial charge in [-0.1, -0.05) is 19.3 Å². The van der Waals surface area contributed by atoms with Crippen LogP contribution < -0.4 is 0 Å². The summed E-state index contributed by atoms with van der Waals surface area (Å²) in [5.74, 6) is 0. The zero-order valence-corrected chi connectivity index (χ0v) is 9.83. The predicted molar refractivity (Wildman–Crippen MR) is 62.9 cm³/mol. The molecule has 2 rings (SSSR count). The molecule has 0 aromatic rings. The van der Waals surface area contributed by atoms with Crippen LogP contribution in [-0.2, 0) is 0 Å². The van der Waals surface area contributed by atoms with Gasteiger partial charge in [-0.2, -0.15) is 0 Å². The van der Waals surface area contributed by atoms with Gasteiger partial charge < -0.3 is 5.11 Å². The van der Waals surface area contributed by atoms with E-state index in [0.29, 0.717) is 6.61 Å². The lowest BCUT2D eigenvalue weighted by Gasteiger charge is -2.34. The Hall–Kier alpha value is -0.0800. The molecule has 2 nitrogen and oxygen atoms in total. The van der Waals surface area contributed by atoms with Crippen LogP contribution in [0.25, 0.3) is 0 Å². The molecule has 2 fully saturated rings. The Morgan fingerprint density at radius 3 is 2.20 bits per heavy atom. The van der Waals surface area contributed by atoms with E-state index in [1.54, 1.807) is 0 Å². The minimum Gasteiger partial charge on any atom is -0.396 e.